The minimum atomic E-state index is 0.450. The molecule has 1 aromatic carbocycles. The van der Waals surface area contributed by atoms with Crippen LogP contribution < -0.4 is 9.47 Å². The molecule has 0 saturated heterocycles. The molecular weight excluding hydrogens is 208 g/mol. The monoisotopic (exact) mass is 225 g/mol. The fraction of sp³-hybridized carbons (Fsp3) is 0.417. The molecule has 0 spiro atoms. The summed E-state index contributed by atoms with van der Waals surface area (Å²) < 4.78 is 15.8. The van der Waals surface area contributed by atoms with Gasteiger partial charge in [0.25, 0.3) is 0 Å². The van der Waals surface area contributed by atoms with E-state index in [9.17, 15) is 0 Å². The van der Waals surface area contributed by atoms with Gasteiger partial charge in [-0.25, -0.2) is 0 Å². The predicted octanol–water partition coefficient (Wildman–Crippen LogP) is 1.99. The summed E-state index contributed by atoms with van der Waals surface area (Å²) in [7, 11) is 1.62. The molecule has 0 aliphatic heterocycles. The maximum absolute atomic E-state index is 9.06. The number of methoxy groups -OCH3 is 1. The highest BCUT2D eigenvalue weighted by Crippen LogP contribution is 2.31. The average Bonchev–Trinajstić information content (AvgIpc) is 2.31. The number of ether oxygens (including phenoxy) is 3. The van der Waals surface area contributed by atoms with Crippen LogP contribution in [0.2, 0.25) is 0 Å². The van der Waals surface area contributed by atoms with Crippen LogP contribution in [0.25, 0.3) is 0 Å². The van der Waals surface area contributed by atoms with Crippen LogP contribution in [0.15, 0.2) is 18.2 Å². The Morgan fingerprint density at radius 1 is 1.25 bits per heavy atom. The fourth-order valence-corrected chi connectivity index (χ4v) is 1.28. The number of benzene rings is 1. The topological polar surface area (TPSA) is 47.9 Å². The molecule has 0 aliphatic carbocycles. The van der Waals surface area contributed by atoms with Gasteiger partial charge in [0.2, 0.25) is 0 Å². The molecule has 0 aliphatic rings. The second kappa shape index (κ2) is 7.09. The Bertz CT molecular complexity index is 312. The van der Waals surface area contributed by atoms with E-state index in [0.29, 0.717) is 36.9 Å². The number of rotatable bonds is 7. The first-order chi connectivity index (χ1) is 7.83. The number of aliphatic hydroxyl groups is 1. The van der Waals surface area contributed by atoms with Gasteiger partial charge in [-0.05, 0) is 13.0 Å². The van der Waals surface area contributed by atoms with Gasteiger partial charge in [-0.15, -0.1) is 0 Å². The highest BCUT2D eigenvalue weighted by atomic mass is 16.5. The first kappa shape index (κ1) is 12.8. The third kappa shape index (κ3) is 3.40. The van der Waals surface area contributed by atoms with Crippen molar-refractivity contribution < 1.29 is 19.3 Å². The van der Waals surface area contributed by atoms with E-state index in [-0.39, 0.29) is 0 Å². The molecule has 4 heteroatoms. The SMILES string of the molecule is CCOc1c([CH]O)cccc1OCCOC. The maximum atomic E-state index is 9.06. The zero-order valence-corrected chi connectivity index (χ0v) is 9.60. The van der Waals surface area contributed by atoms with E-state index in [1.54, 1.807) is 25.3 Å². The summed E-state index contributed by atoms with van der Waals surface area (Å²) in [6, 6.07) is 5.36. The van der Waals surface area contributed by atoms with Gasteiger partial charge < -0.3 is 19.3 Å². The van der Waals surface area contributed by atoms with E-state index in [2.05, 4.69) is 0 Å². The summed E-state index contributed by atoms with van der Waals surface area (Å²) in [6.45, 7) is 4.37. The molecule has 1 radical (unpaired) electrons. The molecule has 0 atom stereocenters. The highest BCUT2D eigenvalue weighted by Gasteiger charge is 2.10. The van der Waals surface area contributed by atoms with Crippen LogP contribution in [0, 0.1) is 6.61 Å². The zero-order valence-electron chi connectivity index (χ0n) is 9.60. The molecule has 0 amide bonds. The van der Waals surface area contributed by atoms with Crippen molar-refractivity contribution >= 4 is 0 Å². The Morgan fingerprint density at radius 3 is 2.69 bits per heavy atom. The Kier molecular flexibility index (Phi) is 5.67. The van der Waals surface area contributed by atoms with Crippen molar-refractivity contribution in [2.45, 2.75) is 6.92 Å². The summed E-state index contributed by atoms with van der Waals surface area (Å²) in [5, 5.41) is 9.06. The van der Waals surface area contributed by atoms with E-state index in [4.69, 9.17) is 19.3 Å². The van der Waals surface area contributed by atoms with Crippen LogP contribution in [0.3, 0.4) is 0 Å². The summed E-state index contributed by atoms with van der Waals surface area (Å²) in [5.74, 6) is 1.17. The van der Waals surface area contributed by atoms with Gasteiger partial charge in [-0.3, -0.25) is 0 Å². The Hall–Kier alpha value is -1.26. The molecule has 1 aromatic rings. The van der Waals surface area contributed by atoms with Crippen LogP contribution in [-0.2, 0) is 4.74 Å². The van der Waals surface area contributed by atoms with Crippen LogP contribution >= 0.6 is 0 Å². The van der Waals surface area contributed by atoms with Crippen molar-refractivity contribution in [3.05, 3.63) is 30.4 Å². The quantitative estimate of drug-likeness (QED) is 0.721. The van der Waals surface area contributed by atoms with Crippen LogP contribution in [-0.4, -0.2) is 32.0 Å². The first-order valence-corrected chi connectivity index (χ1v) is 5.18. The van der Waals surface area contributed by atoms with Crippen molar-refractivity contribution in [3.63, 3.8) is 0 Å². The van der Waals surface area contributed by atoms with E-state index in [1.165, 1.54) is 0 Å². The number of hydrogen-bond acceptors (Lipinski definition) is 4. The van der Waals surface area contributed by atoms with E-state index < -0.39 is 0 Å². The van der Waals surface area contributed by atoms with Gasteiger partial charge in [0.05, 0.1) is 13.2 Å². The number of para-hydroxylation sites is 1. The maximum Gasteiger partial charge on any atom is 0.167 e. The molecule has 0 bridgehead atoms. The van der Waals surface area contributed by atoms with Gasteiger partial charge in [-0.2, -0.15) is 0 Å². The molecule has 4 nitrogen and oxygen atoms in total. The average molecular weight is 225 g/mol. The molecule has 1 N–H and O–H groups in total. The molecule has 89 valence electrons. The molecule has 1 rings (SSSR count). The minimum absolute atomic E-state index is 0.450. The van der Waals surface area contributed by atoms with Gasteiger partial charge in [0.15, 0.2) is 11.5 Å². The predicted molar refractivity (Wildman–Crippen MR) is 60.3 cm³/mol. The smallest absolute Gasteiger partial charge is 0.167 e. The zero-order chi connectivity index (χ0) is 11.8. The second-order valence-electron chi connectivity index (χ2n) is 3.08. The summed E-state index contributed by atoms with van der Waals surface area (Å²) in [4.78, 5) is 0. The lowest BCUT2D eigenvalue weighted by molar-refractivity contribution is 0.143. The molecule has 16 heavy (non-hydrogen) atoms. The first-order valence-electron chi connectivity index (χ1n) is 5.18. The highest BCUT2D eigenvalue weighted by molar-refractivity contribution is 5.48. The standard InChI is InChI=1S/C12H17O4/c1-3-15-12-10(9-13)5-4-6-11(12)16-8-7-14-2/h4-6,9,13H,3,7-8H2,1-2H3. The Labute approximate surface area is 95.8 Å². The molecule has 0 aromatic heterocycles. The fourth-order valence-electron chi connectivity index (χ4n) is 1.28. The molecule has 0 fully saturated rings. The van der Waals surface area contributed by atoms with E-state index >= 15 is 0 Å². The van der Waals surface area contributed by atoms with Crippen LogP contribution in [0.1, 0.15) is 12.5 Å². The Morgan fingerprint density at radius 2 is 2.06 bits per heavy atom. The van der Waals surface area contributed by atoms with Crippen molar-refractivity contribution in [3.8, 4) is 11.5 Å². The third-order valence-electron chi connectivity index (χ3n) is 1.98. The summed E-state index contributed by atoms with van der Waals surface area (Å²) in [5.41, 5.74) is 0.608. The number of aliphatic hydroxyl groups excluding tert-OH is 1. The van der Waals surface area contributed by atoms with Gasteiger partial charge in [0.1, 0.15) is 13.2 Å². The lowest BCUT2D eigenvalue weighted by Gasteiger charge is -2.14. The third-order valence-corrected chi connectivity index (χ3v) is 1.98. The molecule has 0 saturated carbocycles. The van der Waals surface area contributed by atoms with Crippen molar-refractivity contribution in [2.24, 2.45) is 0 Å². The van der Waals surface area contributed by atoms with Crippen LogP contribution in [0.5, 0.6) is 11.5 Å². The van der Waals surface area contributed by atoms with Crippen molar-refractivity contribution in [1.29, 1.82) is 0 Å². The molecular formula is C12H17O4. The second-order valence-corrected chi connectivity index (χ2v) is 3.08. The van der Waals surface area contributed by atoms with Gasteiger partial charge >= 0.3 is 0 Å². The number of hydrogen-bond donors (Lipinski definition) is 1. The van der Waals surface area contributed by atoms with E-state index in [1.807, 2.05) is 6.92 Å². The van der Waals surface area contributed by atoms with Gasteiger partial charge in [0, 0.05) is 12.7 Å². The summed E-state index contributed by atoms with van der Waals surface area (Å²) >= 11 is 0. The van der Waals surface area contributed by atoms with Crippen molar-refractivity contribution in [2.75, 3.05) is 26.9 Å². The van der Waals surface area contributed by atoms with E-state index in [0.717, 1.165) is 6.61 Å². The minimum Gasteiger partial charge on any atom is -0.490 e. The van der Waals surface area contributed by atoms with Crippen molar-refractivity contribution in [1.82, 2.24) is 0 Å². The Balaban J connectivity index is 2.79. The summed E-state index contributed by atoms with van der Waals surface area (Å²) in [6.07, 6.45) is 0. The molecule has 0 unspecified atom stereocenters. The lowest BCUT2D eigenvalue weighted by atomic mass is 10.2. The van der Waals surface area contributed by atoms with Crippen LogP contribution in [0.4, 0.5) is 0 Å². The lowest BCUT2D eigenvalue weighted by Crippen LogP contribution is -2.06. The normalized spacial score (nSPS) is 10.2. The van der Waals surface area contributed by atoms with Gasteiger partial charge in [-0.1, -0.05) is 12.1 Å². The largest absolute Gasteiger partial charge is 0.490 e. The molecule has 0 heterocycles.